The number of benzene rings is 1. The average Bonchev–Trinajstić information content (AvgIpc) is 2.56. The molecule has 0 aliphatic rings. The van der Waals surface area contributed by atoms with Crippen LogP contribution in [-0.2, 0) is 12.8 Å². The standard InChI is InChI=1S/C19H21FN2O3/c1-4-13-14-7-10(2)16(23)9-17(14)25-19(24)15(13)8-12(5-6-21)18(20)11(3)22/h5-7,9,23H,3-4,8,21-22H2,1-2H3/b6-5-,18-12-. The van der Waals surface area contributed by atoms with Gasteiger partial charge in [-0.2, -0.15) is 0 Å². The molecule has 5 nitrogen and oxygen atoms in total. The highest BCUT2D eigenvalue weighted by atomic mass is 19.1. The molecule has 0 fully saturated rings. The minimum atomic E-state index is -0.717. The first-order chi connectivity index (χ1) is 11.8. The van der Waals surface area contributed by atoms with E-state index in [1.165, 1.54) is 18.3 Å². The van der Waals surface area contributed by atoms with Crippen LogP contribution in [-0.4, -0.2) is 5.11 Å². The van der Waals surface area contributed by atoms with Gasteiger partial charge < -0.3 is 21.0 Å². The van der Waals surface area contributed by atoms with Crippen molar-refractivity contribution in [3.8, 4) is 5.75 Å². The number of fused-ring (bicyclic) bond motifs is 1. The van der Waals surface area contributed by atoms with E-state index in [4.69, 9.17) is 15.9 Å². The highest BCUT2D eigenvalue weighted by Crippen LogP contribution is 2.29. The Hall–Kier alpha value is -3.02. The number of rotatable bonds is 5. The molecule has 132 valence electrons. The molecule has 0 aliphatic heterocycles. The topological polar surface area (TPSA) is 102 Å². The normalized spacial score (nSPS) is 12.6. The van der Waals surface area contributed by atoms with Gasteiger partial charge in [-0.3, -0.25) is 0 Å². The van der Waals surface area contributed by atoms with Crippen molar-refractivity contribution in [1.82, 2.24) is 0 Å². The Labute approximate surface area is 144 Å². The zero-order valence-electron chi connectivity index (χ0n) is 14.2. The van der Waals surface area contributed by atoms with E-state index >= 15 is 0 Å². The van der Waals surface area contributed by atoms with Crippen LogP contribution in [0.1, 0.15) is 23.6 Å². The van der Waals surface area contributed by atoms with Crippen LogP contribution in [0.2, 0.25) is 0 Å². The van der Waals surface area contributed by atoms with Crippen LogP contribution in [0.4, 0.5) is 4.39 Å². The number of phenolic OH excluding ortho intramolecular Hbond substituents is 1. The monoisotopic (exact) mass is 344 g/mol. The lowest BCUT2D eigenvalue weighted by molar-refractivity contribution is 0.468. The van der Waals surface area contributed by atoms with Gasteiger partial charge in [0.25, 0.3) is 0 Å². The Kier molecular flexibility index (Phi) is 5.32. The maximum atomic E-state index is 14.2. The molecule has 2 aromatic rings. The number of nitrogens with two attached hydrogens (primary N) is 2. The van der Waals surface area contributed by atoms with E-state index in [1.807, 2.05) is 6.92 Å². The summed E-state index contributed by atoms with van der Waals surface area (Å²) in [6.07, 6.45) is 3.02. The average molecular weight is 344 g/mol. The maximum absolute atomic E-state index is 14.2. The van der Waals surface area contributed by atoms with Crippen LogP contribution in [0.15, 0.2) is 57.3 Å². The third kappa shape index (κ3) is 3.57. The smallest absolute Gasteiger partial charge is 0.340 e. The van der Waals surface area contributed by atoms with Crippen molar-refractivity contribution < 1.29 is 13.9 Å². The summed E-state index contributed by atoms with van der Waals surface area (Å²) in [4.78, 5) is 12.4. The SMILES string of the molecule is C=C(N)/C(F)=C(\C=C/N)Cc1c(CC)c2cc(C)c(O)cc2oc1=O. The minimum absolute atomic E-state index is 0.0306. The molecule has 0 spiro atoms. The van der Waals surface area contributed by atoms with Crippen LogP contribution in [0.25, 0.3) is 11.0 Å². The number of phenols is 1. The number of allylic oxidation sites excluding steroid dienone is 3. The van der Waals surface area contributed by atoms with Crippen LogP contribution in [0.5, 0.6) is 5.75 Å². The molecule has 0 amide bonds. The summed E-state index contributed by atoms with van der Waals surface area (Å²) >= 11 is 0. The minimum Gasteiger partial charge on any atom is -0.508 e. The lowest BCUT2D eigenvalue weighted by Gasteiger charge is -2.12. The number of aryl methyl sites for hydroxylation is 2. The fraction of sp³-hybridized carbons (Fsp3) is 0.211. The number of hydrogen-bond donors (Lipinski definition) is 3. The third-order valence-electron chi connectivity index (χ3n) is 4.02. The zero-order valence-corrected chi connectivity index (χ0v) is 14.2. The predicted molar refractivity (Wildman–Crippen MR) is 96.8 cm³/mol. The van der Waals surface area contributed by atoms with Crippen LogP contribution < -0.4 is 17.1 Å². The first-order valence-corrected chi connectivity index (χ1v) is 7.79. The maximum Gasteiger partial charge on any atom is 0.340 e. The van der Waals surface area contributed by atoms with E-state index in [0.29, 0.717) is 22.9 Å². The molecular formula is C19H21FN2O3. The Morgan fingerprint density at radius 3 is 2.64 bits per heavy atom. The van der Waals surface area contributed by atoms with Crippen molar-refractivity contribution in [3.63, 3.8) is 0 Å². The Morgan fingerprint density at radius 1 is 1.40 bits per heavy atom. The van der Waals surface area contributed by atoms with E-state index in [2.05, 4.69) is 6.58 Å². The van der Waals surface area contributed by atoms with Crippen molar-refractivity contribution in [2.45, 2.75) is 26.7 Å². The first-order valence-electron chi connectivity index (χ1n) is 7.79. The first kappa shape index (κ1) is 18.3. The Bertz CT molecular complexity index is 955. The van der Waals surface area contributed by atoms with Gasteiger partial charge in [0, 0.05) is 23.4 Å². The second-order valence-electron chi connectivity index (χ2n) is 5.74. The number of hydrogen-bond acceptors (Lipinski definition) is 5. The molecule has 1 aromatic heterocycles. The van der Waals surface area contributed by atoms with Crippen LogP contribution >= 0.6 is 0 Å². The summed E-state index contributed by atoms with van der Waals surface area (Å²) in [6.45, 7) is 7.02. The molecular weight excluding hydrogens is 323 g/mol. The molecule has 2 rings (SSSR count). The summed E-state index contributed by atoms with van der Waals surface area (Å²) in [5, 5.41) is 10.5. The van der Waals surface area contributed by atoms with Crippen molar-refractivity contribution in [2.75, 3.05) is 0 Å². The molecule has 0 saturated heterocycles. The van der Waals surface area contributed by atoms with Gasteiger partial charge in [0.15, 0.2) is 0 Å². The van der Waals surface area contributed by atoms with Crippen molar-refractivity contribution in [2.24, 2.45) is 11.5 Å². The van der Waals surface area contributed by atoms with Gasteiger partial charge in [-0.25, -0.2) is 9.18 Å². The predicted octanol–water partition coefficient (Wildman–Crippen LogP) is 3.08. The molecule has 0 saturated carbocycles. The largest absolute Gasteiger partial charge is 0.508 e. The van der Waals surface area contributed by atoms with Crippen molar-refractivity contribution in [3.05, 3.63) is 75.2 Å². The van der Waals surface area contributed by atoms with E-state index in [1.54, 1.807) is 13.0 Å². The lowest BCUT2D eigenvalue weighted by Crippen LogP contribution is -2.14. The van der Waals surface area contributed by atoms with Crippen molar-refractivity contribution in [1.29, 1.82) is 0 Å². The van der Waals surface area contributed by atoms with E-state index in [9.17, 15) is 14.3 Å². The molecule has 6 heteroatoms. The van der Waals surface area contributed by atoms with Gasteiger partial charge in [-0.1, -0.05) is 13.5 Å². The highest BCUT2D eigenvalue weighted by Gasteiger charge is 2.17. The molecule has 0 radical (unpaired) electrons. The summed E-state index contributed by atoms with van der Waals surface area (Å²) < 4.78 is 19.6. The van der Waals surface area contributed by atoms with Crippen molar-refractivity contribution >= 4 is 11.0 Å². The molecule has 1 heterocycles. The second-order valence-corrected chi connectivity index (χ2v) is 5.74. The van der Waals surface area contributed by atoms with Gasteiger partial charge >= 0.3 is 5.63 Å². The molecule has 0 atom stereocenters. The number of aromatic hydroxyl groups is 1. The molecule has 1 aromatic carbocycles. The second kappa shape index (κ2) is 7.25. The summed E-state index contributed by atoms with van der Waals surface area (Å²) in [7, 11) is 0. The quantitative estimate of drug-likeness (QED) is 0.571. The van der Waals surface area contributed by atoms with E-state index in [-0.39, 0.29) is 29.0 Å². The summed E-state index contributed by atoms with van der Waals surface area (Å²) in [5.41, 5.74) is 12.1. The third-order valence-corrected chi connectivity index (χ3v) is 4.02. The van der Waals surface area contributed by atoms with Gasteiger partial charge in [0.1, 0.15) is 17.2 Å². The van der Waals surface area contributed by atoms with Gasteiger partial charge in [0.2, 0.25) is 0 Å². The van der Waals surface area contributed by atoms with Gasteiger partial charge in [-0.15, -0.1) is 0 Å². The van der Waals surface area contributed by atoms with E-state index in [0.717, 1.165) is 5.56 Å². The number of halogens is 1. The summed E-state index contributed by atoms with van der Waals surface area (Å²) in [6, 6.07) is 3.16. The Balaban J connectivity index is 2.75. The molecule has 5 N–H and O–H groups in total. The fourth-order valence-corrected chi connectivity index (χ4v) is 2.75. The molecule has 0 unspecified atom stereocenters. The van der Waals surface area contributed by atoms with E-state index < -0.39 is 11.5 Å². The molecule has 0 aliphatic carbocycles. The molecule has 0 bridgehead atoms. The van der Waals surface area contributed by atoms with Gasteiger partial charge in [0.05, 0.1) is 5.70 Å². The highest BCUT2D eigenvalue weighted by molar-refractivity contribution is 5.83. The fourth-order valence-electron chi connectivity index (χ4n) is 2.75. The summed E-state index contributed by atoms with van der Waals surface area (Å²) in [5.74, 6) is -0.673. The lowest BCUT2D eigenvalue weighted by atomic mass is 9.95. The van der Waals surface area contributed by atoms with Gasteiger partial charge in [-0.05, 0) is 48.4 Å². The zero-order chi connectivity index (χ0) is 18.7. The molecule has 25 heavy (non-hydrogen) atoms. The Morgan fingerprint density at radius 2 is 2.08 bits per heavy atom. The van der Waals surface area contributed by atoms with Crippen LogP contribution in [0, 0.1) is 6.92 Å². The van der Waals surface area contributed by atoms with Crippen LogP contribution in [0.3, 0.4) is 0 Å².